The molecule has 0 aromatic heterocycles. The van der Waals surface area contributed by atoms with E-state index in [1.165, 1.54) is 16.7 Å². The Bertz CT molecular complexity index is 663. The zero-order chi connectivity index (χ0) is 15.5. The summed E-state index contributed by atoms with van der Waals surface area (Å²) >= 11 is 0. The third kappa shape index (κ3) is 2.92. The monoisotopic (exact) mass is 293 g/mol. The van der Waals surface area contributed by atoms with Crippen LogP contribution >= 0.6 is 0 Å². The summed E-state index contributed by atoms with van der Waals surface area (Å²) in [5.41, 5.74) is 4.90. The Hall–Kier alpha value is -2.09. The van der Waals surface area contributed by atoms with Gasteiger partial charge >= 0.3 is 0 Å². The van der Waals surface area contributed by atoms with E-state index in [4.69, 9.17) is 0 Å². The molecule has 0 aliphatic carbocycles. The summed E-state index contributed by atoms with van der Waals surface area (Å²) in [5, 5.41) is 0. The van der Waals surface area contributed by atoms with Crippen molar-refractivity contribution in [2.75, 3.05) is 11.4 Å². The number of nitrogens with zero attached hydrogens (tertiary/aromatic N) is 1. The summed E-state index contributed by atoms with van der Waals surface area (Å²) in [7, 11) is 0. The second-order valence-electron chi connectivity index (χ2n) is 6.25. The number of carbonyl (C=O) groups excluding carboxylic acids is 1. The molecule has 3 rings (SSSR count). The molecular weight excluding hydrogens is 270 g/mol. The molecule has 1 heterocycles. The molecule has 2 aromatic carbocycles. The Labute approximate surface area is 132 Å². The summed E-state index contributed by atoms with van der Waals surface area (Å²) < 4.78 is 0. The molecule has 1 amide bonds. The van der Waals surface area contributed by atoms with Crippen molar-refractivity contribution in [2.45, 2.75) is 39.0 Å². The molecule has 0 spiro atoms. The second kappa shape index (κ2) is 6.35. The number of fused-ring (bicyclic) bond motifs is 1. The van der Waals surface area contributed by atoms with Crippen molar-refractivity contribution >= 4 is 11.6 Å². The van der Waals surface area contributed by atoms with Crippen LogP contribution in [0.25, 0.3) is 0 Å². The van der Waals surface area contributed by atoms with Gasteiger partial charge in [-0.05, 0) is 42.4 Å². The summed E-state index contributed by atoms with van der Waals surface area (Å²) in [6.45, 7) is 5.08. The first-order valence-corrected chi connectivity index (χ1v) is 8.10. The number of hydrogen-bond acceptors (Lipinski definition) is 1. The molecule has 1 aliphatic heterocycles. The van der Waals surface area contributed by atoms with Crippen LogP contribution in [0.5, 0.6) is 0 Å². The Kier molecular flexibility index (Phi) is 4.28. The maximum Gasteiger partial charge on any atom is 0.227 e. The number of benzene rings is 2. The predicted molar refractivity (Wildman–Crippen MR) is 91.3 cm³/mol. The number of hydrogen-bond donors (Lipinski definition) is 0. The fraction of sp³-hybridized carbons (Fsp3) is 0.350. The van der Waals surface area contributed by atoms with Crippen molar-refractivity contribution < 1.29 is 4.79 Å². The maximum absolute atomic E-state index is 12.8. The highest BCUT2D eigenvalue weighted by Crippen LogP contribution is 2.32. The normalized spacial score (nSPS) is 15.3. The lowest BCUT2D eigenvalue weighted by atomic mass is 9.94. The van der Waals surface area contributed by atoms with Gasteiger partial charge in [-0.2, -0.15) is 0 Å². The van der Waals surface area contributed by atoms with E-state index in [0.717, 1.165) is 25.1 Å². The average molecular weight is 293 g/mol. The van der Waals surface area contributed by atoms with Crippen LogP contribution in [-0.4, -0.2) is 12.5 Å². The van der Waals surface area contributed by atoms with Crippen LogP contribution in [0.3, 0.4) is 0 Å². The fourth-order valence-corrected chi connectivity index (χ4v) is 3.37. The first kappa shape index (κ1) is 14.8. The van der Waals surface area contributed by atoms with Crippen LogP contribution in [0.4, 0.5) is 5.69 Å². The van der Waals surface area contributed by atoms with Crippen LogP contribution in [0, 0.1) is 6.92 Å². The first-order valence-electron chi connectivity index (χ1n) is 8.10. The van der Waals surface area contributed by atoms with Crippen LogP contribution in [0.1, 0.15) is 42.4 Å². The van der Waals surface area contributed by atoms with Crippen molar-refractivity contribution in [1.29, 1.82) is 0 Å². The van der Waals surface area contributed by atoms with Crippen LogP contribution < -0.4 is 4.90 Å². The van der Waals surface area contributed by atoms with Gasteiger partial charge in [-0.1, -0.05) is 55.5 Å². The Morgan fingerprint density at radius 2 is 1.91 bits per heavy atom. The third-order valence-electron chi connectivity index (χ3n) is 4.57. The lowest BCUT2D eigenvalue weighted by molar-refractivity contribution is -0.119. The number of rotatable bonds is 3. The molecule has 2 aromatic rings. The zero-order valence-electron chi connectivity index (χ0n) is 13.4. The van der Waals surface area contributed by atoms with Gasteiger partial charge in [0.05, 0.1) is 0 Å². The van der Waals surface area contributed by atoms with E-state index in [9.17, 15) is 4.79 Å². The lowest BCUT2D eigenvalue weighted by Crippen LogP contribution is -2.36. The molecule has 2 heteroatoms. The quantitative estimate of drug-likeness (QED) is 0.817. The van der Waals surface area contributed by atoms with E-state index < -0.39 is 0 Å². The third-order valence-corrected chi connectivity index (χ3v) is 4.57. The highest BCUT2D eigenvalue weighted by Gasteiger charge is 2.25. The van der Waals surface area contributed by atoms with Crippen LogP contribution in [0.15, 0.2) is 48.5 Å². The smallest absolute Gasteiger partial charge is 0.227 e. The first-order chi connectivity index (χ1) is 10.7. The van der Waals surface area contributed by atoms with E-state index >= 15 is 0 Å². The van der Waals surface area contributed by atoms with Gasteiger partial charge in [0.25, 0.3) is 0 Å². The minimum Gasteiger partial charge on any atom is -0.312 e. The van der Waals surface area contributed by atoms with E-state index in [2.05, 4.69) is 44.2 Å². The molecule has 0 bridgehead atoms. The van der Waals surface area contributed by atoms with E-state index in [-0.39, 0.29) is 11.8 Å². The molecule has 0 radical (unpaired) electrons. The van der Waals surface area contributed by atoms with Gasteiger partial charge < -0.3 is 4.90 Å². The van der Waals surface area contributed by atoms with E-state index in [1.54, 1.807) is 0 Å². The largest absolute Gasteiger partial charge is 0.312 e. The van der Waals surface area contributed by atoms with Crippen LogP contribution in [0.2, 0.25) is 0 Å². The van der Waals surface area contributed by atoms with Gasteiger partial charge in [-0.3, -0.25) is 4.79 Å². The maximum atomic E-state index is 12.8. The molecule has 1 aliphatic rings. The van der Waals surface area contributed by atoms with E-state index in [1.807, 2.05) is 23.1 Å². The van der Waals surface area contributed by atoms with Crippen molar-refractivity contribution in [2.24, 2.45) is 0 Å². The molecule has 114 valence electrons. The summed E-state index contributed by atoms with van der Waals surface area (Å²) in [4.78, 5) is 14.8. The highest BCUT2D eigenvalue weighted by molar-refractivity contribution is 5.95. The van der Waals surface area contributed by atoms with Gasteiger partial charge in [-0.15, -0.1) is 0 Å². The Morgan fingerprint density at radius 1 is 1.14 bits per heavy atom. The fourth-order valence-electron chi connectivity index (χ4n) is 3.37. The topological polar surface area (TPSA) is 20.3 Å². The Balaban J connectivity index is 1.80. The van der Waals surface area contributed by atoms with E-state index in [0.29, 0.717) is 6.42 Å². The SMILES string of the molecule is Cc1cccc2c1N(C(=O)CC(C)c1ccccc1)CCC2. The van der Waals surface area contributed by atoms with Crippen molar-refractivity contribution in [3.8, 4) is 0 Å². The van der Waals surface area contributed by atoms with Crippen molar-refractivity contribution in [3.63, 3.8) is 0 Å². The van der Waals surface area contributed by atoms with Gasteiger partial charge in [0.1, 0.15) is 0 Å². The molecule has 1 atom stereocenters. The molecule has 0 saturated carbocycles. The summed E-state index contributed by atoms with van der Waals surface area (Å²) in [6, 6.07) is 16.7. The van der Waals surface area contributed by atoms with Crippen molar-refractivity contribution in [3.05, 3.63) is 65.2 Å². The lowest BCUT2D eigenvalue weighted by Gasteiger charge is -2.32. The predicted octanol–water partition coefficient (Wildman–Crippen LogP) is 4.47. The van der Waals surface area contributed by atoms with Gasteiger partial charge in [0.15, 0.2) is 0 Å². The highest BCUT2D eigenvalue weighted by atomic mass is 16.2. The zero-order valence-corrected chi connectivity index (χ0v) is 13.4. The number of aryl methyl sites for hydroxylation is 2. The number of anilines is 1. The average Bonchev–Trinajstić information content (AvgIpc) is 2.55. The van der Waals surface area contributed by atoms with Crippen molar-refractivity contribution in [1.82, 2.24) is 0 Å². The minimum atomic E-state index is 0.242. The number of carbonyl (C=O) groups is 1. The minimum absolute atomic E-state index is 0.242. The molecule has 22 heavy (non-hydrogen) atoms. The van der Waals surface area contributed by atoms with Gasteiger partial charge in [0.2, 0.25) is 5.91 Å². The molecule has 0 N–H and O–H groups in total. The molecule has 0 fully saturated rings. The molecule has 2 nitrogen and oxygen atoms in total. The van der Waals surface area contributed by atoms with Gasteiger partial charge in [-0.25, -0.2) is 0 Å². The van der Waals surface area contributed by atoms with Crippen LogP contribution in [-0.2, 0) is 11.2 Å². The molecule has 0 saturated heterocycles. The number of amides is 1. The summed E-state index contributed by atoms with van der Waals surface area (Å²) in [6.07, 6.45) is 2.70. The Morgan fingerprint density at radius 3 is 2.68 bits per heavy atom. The second-order valence-corrected chi connectivity index (χ2v) is 6.25. The standard InChI is InChI=1S/C20H23NO/c1-15-8-6-11-18-12-7-13-21(20(15)18)19(22)14-16(2)17-9-4-3-5-10-17/h3-6,8-11,16H,7,12-14H2,1-2H3. The molecule has 1 unspecified atom stereocenters. The van der Waals surface area contributed by atoms with Gasteiger partial charge in [0, 0.05) is 18.7 Å². The number of para-hydroxylation sites is 1. The molecular formula is C20H23NO. The summed E-state index contributed by atoms with van der Waals surface area (Å²) in [5.74, 6) is 0.495.